The highest BCUT2D eigenvalue weighted by molar-refractivity contribution is 7.22. The minimum Gasteiger partial charge on any atom is -0.284 e. The fraction of sp³-hybridized carbons (Fsp3) is 0.263. The van der Waals surface area contributed by atoms with Gasteiger partial charge in [-0.15, -0.1) is 0 Å². The van der Waals surface area contributed by atoms with Crippen LogP contribution in [0, 0.1) is 6.92 Å². The molecule has 0 aliphatic heterocycles. The summed E-state index contributed by atoms with van der Waals surface area (Å²) in [4.78, 5) is 19.1. The number of hydrogen-bond acceptors (Lipinski definition) is 3. The molecule has 0 radical (unpaired) electrons. The number of carbonyl (C=O) groups is 1. The molecule has 0 unspecified atom stereocenters. The van der Waals surface area contributed by atoms with Gasteiger partial charge in [0.2, 0.25) is 5.91 Å². The molecule has 124 valence electrons. The van der Waals surface area contributed by atoms with E-state index in [0.717, 1.165) is 32.9 Å². The highest BCUT2D eigenvalue weighted by atomic mass is 35.5. The molecule has 0 atom stereocenters. The number of thiazole rings is 1. The summed E-state index contributed by atoms with van der Waals surface area (Å²) in [5.74, 6) is 0.101. The van der Waals surface area contributed by atoms with Gasteiger partial charge in [0.25, 0.3) is 0 Å². The van der Waals surface area contributed by atoms with Gasteiger partial charge in [-0.1, -0.05) is 60.2 Å². The van der Waals surface area contributed by atoms with Crippen molar-refractivity contribution < 1.29 is 4.79 Å². The summed E-state index contributed by atoms with van der Waals surface area (Å²) in [5, 5.41) is 1.43. The molecule has 0 aliphatic carbocycles. The highest BCUT2D eigenvalue weighted by Gasteiger charge is 2.20. The molecule has 3 aromatic rings. The Kier molecular flexibility index (Phi) is 5.17. The van der Waals surface area contributed by atoms with Crippen molar-refractivity contribution in [1.82, 2.24) is 4.98 Å². The zero-order valence-electron chi connectivity index (χ0n) is 13.8. The van der Waals surface area contributed by atoms with Crippen LogP contribution in [0.1, 0.15) is 30.9 Å². The van der Waals surface area contributed by atoms with E-state index in [1.54, 1.807) is 4.90 Å². The standard InChI is InChI=1S/C19H19ClN2OS/c1-3-7-17(23)22(12-14-8-5-4-6-9-14)19-21-18-13(2)10-15(20)11-16(18)24-19/h4-6,8-11H,3,7,12H2,1-2H3. The third-order valence-corrected chi connectivity index (χ3v) is 5.06. The maximum atomic E-state index is 12.6. The van der Waals surface area contributed by atoms with E-state index >= 15 is 0 Å². The summed E-state index contributed by atoms with van der Waals surface area (Å²) in [7, 11) is 0. The first-order chi connectivity index (χ1) is 11.6. The Hall–Kier alpha value is -1.91. The van der Waals surface area contributed by atoms with Crippen molar-refractivity contribution in [3.63, 3.8) is 0 Å². The van der Waals surface area contributed by atoms with Gasteiger partial charge in [0.15, 0.2) is 5.13 Å². The van der Waals surface area contributed by atoms with Crippen LogP contribution in [0.3, 0.4) is 0 Å². The maximum absolute atomic E-state index is 12.6. The van der Waals surface area contributed by atoms with Crippen LogP contribution in [0.2, 0.25) is 5.02 Å². The third-order valence-electron chi connectivity index (χ3n) is 3.82. The second-order valence-corrected chi connectivity index (χ2v) is 7.23. The second kappa shape index (κ2) is 7.32. The summed E-state index contributed by atoms with van der Waals surface area (Å²) in [6, 6.07) is 13.8. The molecule has 0 spiro atoms. The summed E-state index contributed by atoms with van der Waals surface area (Å²) >= 11 is 7.67. The Morgan fingerprint density at radius 2 is 2.00 bits per heavy atom. The minimum atomic E-state index is 0.101. The van der Waals surface area contributed by atoms with E-state index in [1.165, 1.54) is 11.3 Å². The SMILES string of the molecule is CCCC(=O)N(Cc1ccccc1)c1nc2c(C)cc(Cl)cc2s1. The number of fused-ring (bicyclic) bond motifs is 1. The number of aryl methyl sites for hydroxylation is 1. The molecule has 3 rings (SSSR count). The van der Waals surface area contributed by atoms with E-state index in [9.17, 15) is 4.79 Å². The molecule has 24 heavy (non-hydrogen) atoms. The number of aromatic nitrogens is 1. The van der Waals surface area contributed by atoms with Crippen LogP contribution in [0.4, 0.5) is 5.13 Å². The molecule has 1 aromatic heterocycles. The van der Waals surface area contributed by atoms with Gasteiger partial charge in [0, 0.05) is 11.4 Å². The monoisotopic (exact) mass is 358 g/mol. The van der Waals surface area contributed by atoms with Crippen molar-refractivity contribution in [3.05, 3.63) is 58.6 Å². The van der Waals surface area contributed by atoms with Gasteiger partial charge in [0.05, 0.1) is 16.8 Å². The van der Waals surface area contributed by atoms with E-state index in [4.69, 9.17) is 16.6 Å². The average molecular weight is 359 g/mol. The van der Waals surface area contributed by atoms with Gasteiger partial charge in [-0.2, -0.15) is 0 Å². The lowest BCUT2D eigenvalue weighted by molar-refractivity contribution is -0.118. The number of benzene rings is 2. The predicted molar refractivity (Wildman–Crippen MR) is 102 cm³/mol. The molecule has 5 heteroatoms. The number of nitrogens with zero attached hydrogens (tertiary/aromatic N) is 2. The Labute approximate surface area is 150 Å². The average Bonchev–Trinajstić information content (AvgIpc) is 2.97. The first-order valence-electron chi connectivity index (χ1n) is 7.99. The van der Waals surface area contributed by atoms with Gasteiger partial charge >= 0.3 is 0 Å². The summed E-state index contributed by atoms with van der Waals surface area (Å²) in [6.07, 6.45) is 1.34. The second-order valence-electron chi connectivity index (χ2n) is 5.78. The normalized spacial score (nSPS) is 11.0. The third kappa shape index (κ3) is 3.60. The lowest BCUT2D eigenvalue weighted by Gasteiger charge is -2.19. The fourth-order valence-corrected chi connectivity index (χ4v) is 4.07. The molecule has 0 saturated carbocycles. The quantitative estimate of drug-likeness (QED) is 0.595. The molecular formula is C19H19ClN2OS. The summed E-state index contributed by atoms with van der Waals surface area (Å²) < 4.78 is 1.01. The van der Waals surface area contributed by atoms with Crippen LogP contribution < -0.4 is 4.90 Å². The van der Waals surface area contributed by atoms with Gasteiger partial charge in [0.1, 0.15) is 0 Å². The van der Waals surface area contributed by atoms with Crippen LogP contribution in [0.5, 0.6) is 0 Å². The van der Waals surface area contributed by atoms with E-state index < -0.39 is 0 Å². The Morgan fingerprint density at radius 1 is 1.25 bits per heavy atom. The summed E-state index contributed by atoms with van der Waals surface area (Å²) in [6.45, 7) is 4.54. The van der Waals surface area contributed by atoms with Crippen molar-refractivity contribution in [2.24, 2.45) is 0 Å². The highest BCUT2D eigenvalue weighted by Crippen LogP contribution is 2.34. The lowest BCUT2D eigenvalue weighted by Crippen LogP contribution is -2.29. The van der Waals surface area contributed by atoms with E-state index in [2.05, 4.69) is 0 Å². The largest absolute Gasteiger partial charge is 0.284 e. The number of anilines is 1. The molecule has 0 aliphatic rings. The Morgan fingerprint density at radius 3 is 2.71 bits per heavy atom. The van der Waals surface area contributed by atoms with Crippen molar-refractivity contribution in [3.8, 4) is 0 Å². The zero-order valence-corrected chi connectivity index (χ0v) is 15.3. The van der Waals surface area contributed by atoms with Crippen LogP contribution in [0.25, 0.3) is 10.2 Å². The fourth-order valence-electron chi connectivity index (χ4n) is 2.64. The summed E-state index contributed by atoms with van der Waals surface area (Å²) in [5.41, 5.74) is 3.04. The van der Waals surface area contributed by atoms with E-state index in [-0.39, 0.29) is 5.91 Å². The maximum Gasteiger partial charge on any atom is 0.229 e. The Bertz CT molecular complexity index is 860. The molecule has 0 saturated heterocycles. The number of rotatable bonds is 5. The van der Waals surface area contributed by atoms with Crippen LogP contribution >= 0.6 is 22.9 Å². The first kappa shape index (κ1) is 16.9. The molecule has 0 bridgehead atoms. The number of carbonyl (C=O) groups excluding carboxylic acids is 1. The van der Waals surface area contributed by atoms with E-state index in [0.29, 0.717) is 18.0 Å². The minimum absolute atomic E-state index is 0.101. The van der Waals surface area contributed by atoms with Gasteiger partial charge < -0.3 is 0 Å². The lowest BCUT2D eigenvalue weighted by atomic mass is 10.2. The van der Waals surface area contributed by atoms with Crippen molar-refractivity contribution in [1.29, 1.82) is 0 Å². The molecule has 1 heterocycles. The van der Waals surface area contributed by atoms with Crippen molar-refractivity contribution >= 4 is 44.2 Å². The van der Waals surface area contributed by atoms with Crippen LogP contribution in [0.15, 0.2) is 42.5 Å². The molecule has 3 nitrogen and oxygen atoms in total. The van der Waals surface area contributed by atoms with E-state index in [1.807, 2.05) is 56.3 Å². The van der Waals surface area contributed by atoms with Crippen molar-refractivity contribution in [2.75, 3.05) is 4.90 Å². The number of hydrogen-bond donors (Lipinski definition) is 0. The molecule has 0 fully saturated rings. The molecule has 0 N–H and O–H groups in total. The van der Waals surface area contributed by atoms with Gasteiger partial charge in [-0.05, 0) is 36.6 Å². The van der Waals surface area contributed by atoms with Gasteiger partial charge in [-0.25, -0.2) is 4.98 Å². The number of halogens is 1. The first-order valence-corrected chi connectivity index (χ1v) is 9.19. The van der Waals surface area contributed by atoms with Crippen molar-refractivity contribution in [2.45, 2.75) is 33.2 Å². The van der Waals surface area contributed by atoms with Crippen LogP contribution in [-0.4, -0.2) is 10.9 Å². The number of amides is 1. The smallest absolute Gasteiger partial charge is 0.229 e. The van der Waals surface area contributed by atoms with Crippen LogP contribution in [-0.2, 0) is 11.3 Å². The Balaban J connectivity index is 2.01. The molecular weight excluding hydrogens is 340 g/mol. The predicted octanol–water partition coefficient (Wildman–Crippen LogP) is 5.59. The molecule has 1 amide bonds. The zero-order chi connectivity index (χ0) is 17.1. The molecule has 2 aromatic carbocycles. The van der Waals surface area contributed by atoms with Gasteiger partial charge in [-0.3, -0.25) is 9.69 Å². The topological polar surface area (TPSA) is 33.2 Å².